The van der Waals surface area contributed by atoms with E-state index < -0.39 is 0 Å². The Hall–Kier alpha value is -1.83. The minimum atomic E-state index is 0.136. The van der Waals surface area contributed by atoms with E-state index in [1.165, 1.54) is 5.56 Å². The summed E-state index contributed by atoms with van der Waals surface area (Å²) in [6, 6.07) is 6.30. The highest BCUT2D eigenvalue weighted by atomic mass is 16.5. The van der Waals surface area contributed by atoms with Crippen LogP contribution in [0.2, 0.25) is 0 Å². The zero-order valence-corrected chi connectivity index (χ0v) is 18.2. The molecule has 0 radical (unpaired) electrons. The van der Waals surface area contributed by atoms with Gasteiger partial charge in [-0.2, -0.15) is 0 Å². The summed E-state index contributed by atoms with van der Waals surface area (Å²) in [5.41, 5.74) is 2.27. The molecule has 1 atom stereocenters. The number of benzene rings is 1. The Morgan fingerprint density at radius 1 is 1.21 bits per heavy atom. The molecule has 0 saturated carbocycles. The molecule has 0 bridgehead atoms. The second kappa shape index (κ2) is 14.2. The van der Waals surface area contributed by atoms with Gasteiger partial charge in [-0.25, -0.2) is 4.99 Å². The van der Waals surface area contributed by atoms with Crippen LogP contribution in [-0.4, -0.2) is 65.3 Å². The van der Waals surface area contributed by atoms with Gasteiger partial charge in [0, 0.05) is 38.8 Å². The fourth-order valence-corrected chi connectivity index (χ4v) is 2.97. The van der Waals surface area contributed by atoms with Crippen LogP contribution in [0.25, 0.3) is 0 Å². The Kier molecular flexibility index (Phi) is 11.5. The van der Waals surface area contributed by atoms with Crippen LogP contribution in [-0.2, 0) is 20.8 Å². The van der Waals surface area contributed by atoms with E-state index in [4.69, 9.17) is 23.9 Å². The Balaban J connectivity index is 1.82. The second-order valence-electron chi connectivity index (χ2n) is 7.15. The van der Waals surface area contributed by atoms with Gasteiger partial charge in [-0.05, 0) is 38.3 Å². The lowest BCUT2D eigenvalue weighted by Gasteiger charge is -2.16. The van der Waals surface area contributed by atoms with E-state index in [1.54, 1.807) is 7.11 Å². The zero-order chi connectivity index (χ0) is 20.7. The van der Waals surface area contributed by atoms with Gasteiger partial charge in [-0.15, -0.1) is 0 Å². The summed E-state index contributed by atoms with van der Waals surface area (Å²) < 4.78 is 22.1. The molecule has 1 aromatic carbocycles. The number of unbranched alkanes of at least 4 members (excludes halogenated alkanes) is 1. The lowest BCUT2D eigenvalue weighted by Crippen LogP contribution is -2.37. The first-order valence-electron chi connectivity index (χ1n) is 10.7. The molecule has 29 heavy (non-hydrogen) atoms. The highest BCUT2D eigenvalue weighted by Crippen LogP contribution is 2.24. The van der Waals surface area contributed by atoms with Crippen molar-refractivity contribution in [3.63, 3.8) is 0 Å². The number of nitrogens with zero attached hydrogens (tertiary/aromatic N) is 1. The molecule has 1 aliphatic heterocycles. The van der Waals surface area contributed by atoms with Crippen LogP contribution in [0.1, 0.15) is 37.3 Å². The molecule has 1 heterocycles. The molecule has 2 N–H and O–H groups in total. The van der Waals surface area contributed by atoms with E-state index in [1.807, 2.05) is 0 Å². The Bertz CT molecular complexity index is 604. The van der Waals surface area contributed by atoms with Crippen LogP contribution in [0.4, 0.5) is 0 Å². The van der Waals surface area contributed by atoms with Gasteiger partial charge in [0.1, 0.15) is 11.9 Å². The summed E-state index contributed by atoms with van der Waals surface area (Å²) >= 11 is 0. The lowest BCUT2D eigenvalue weighted by atomic mass is 10.1. The van der Waals surface area contributed by atoms with Gasteiger partial charge in [-0.1, -0.05) is 12.1 Å². The molecule has 1 aromatic rings. The van der Waals surface area contributed by atoms with Crippen molar-refractivity contribution in [2.24, 2.45) is 4.99 Å². The topological polar surface area (TPSA) is 73.3 Å². The third-order valence-electron chi connectivity index (χ3n) is 4.60. The highest BCUT2D eigenvalue weighted by Gasteiger charge is 2.18. The van der Waals surface area contributed by atoms with E-state index in [9.17, 15) is 0 Å². The third-order valence-corrected chi connectivity index (χ3v) is 4.60. The first-order valence-corrected chi connectivity index (χ1v) is 10.7. The van der Waals surface area contributed by atoms with Crippen LogP contribution in [0.15, 0.2) is 23.2 Å². The van der Waals surface area contributed by atoms with E-state index in [0.717, 1.165) is 62.8 Å². The van der Waals surface area contributed by atoms with Gasteiger partial charge < -0.3 is 29.6 Å². The summed E-state index contributed by atoms with van der Waals surface area (Å²) in [5.74, 6) is 1.73. The molecule has 0 aromatic heterocycles. The van der Waals surface area contributed by atoms with Crippen molar-refractivity contribution >= 4 is 5.96 Å². The average molecular weight is 408 g/mol. The monoisotopic (exact) mass is 407 g/mol. The van der Waals surface area contributed by atoms with E-state index in [0.29, 0.717) is 26.4 Å². The Morgan fingerprint density at radius 3 is 2.86 bits per heavy atom. The molecule has 0 amide bonds. The average Bonchev–Trinajstić information content (AvgIpc) is 3.22. The predicted octanol–water partition coefficient (Wildman–Crippen LogP) is 2.66. The maximum absolute atomic E-state index is 6.18. The minimum absolute atomic E-state index is 0.136. The van der Waals surface area contributed by atoms with Gasteiger partial charge in [0.15, 0.2) is 5.96 Å². The summed E-state index contributed by atoms with van der Waals surface area (Å²) in [5, 5.41) is 6.70. The van der Waals surface area contributed by atoms with Crippen molar-refractivity contribution in [1.29, 1.82) is 0 Å². The molecule has 164 valence electrons. The van der Waals surface area contributed by atoms with E-state index in [-0.39, 0.29) is 6.10 Å². The smallest absolute Gasteiger partial charge is 0.191 e. The van der Waals surface area contributed by atoms with E-state index >= 15 is 0 Å². The second-order valence-corrected chi connectivity index (χ2v) is 7.15. The first kappa shape index (κ1) is 23.4. The number of hydrogen-bond acceptors (Lipinski definition) is 5. The van der Waals surface area contributed by atoms with Crippen molar-refractivity contribution in [3.8, 4) is 5.75 Å². The summed E-state index contributed by atoms with van der Waals surface area (Å²) in [6.45, 7) is 9.89. The van der Waals surface area contributed by atoms with Crippen molar-refractivity contribution < 1.29 is 18.9 Å². The van der Waals surface area contributed by atoms with Crippen molar-refractivity contribution in [1.82, 2.24) is 10.6 Å². The largest absolute Gasteiger partial charge is 0.488 e. The predicted molar refractivity (Wildman–Crippen MR) is 116 cm³/mol. The van der Waals surface area contributed by atoms with Gasteiger partial charge in [-0.3, -0.25) is 0 Å². The quantitative estimate of drug-likeness (QED) is 0.298. The number of nitrogens with one attached hydrogen (secondary N) is 2. The molecule has 7 nitrogen and oxygen atoms in total. The van der Waals surface area contributed by atoms with Crippen molar-refractivity contribution in [2.75, 3.05) is 53.2 Å². The molecule has 1 fully saturated rings. The maximum atomic E-state index is 6.18. The van der Waals surface area contributed by atoms with Crippen LogP contribution < -0.4 is 15.4 Å². The summed E-state index contributed by atoms with van der Waals surface area (Å²) in [7, 11) is 1.68. The maximum Gasteiger partial charge on any atom is 0.191 e. The number of ether oxygens (including phenoxy) is 4. The van der Waals surface area contributed by atoms with Crippen LogP contribution >= 0.6 is 0 Å². The van der Waals surface area contributed by atoms with Crippen LogP contribution in [0, 0.1) is 6.92 Å². The number of rotatable bonds is 13. The minimum Gasteiger partial charge on any atom is -0.488 e. The number of aryl methyl sites for hydroxylation is 1. The molecule has 2 rings (SSSR count). The van der Waals surface area contributed by atoms with Gasteiger partial charge in [0.2, 0.25) is 0 Å². The van der Waals surface area contributed by atoms with Crippen LogP contribution in [0.3, 0.4) is 0 Å². The molecule has 7 heteroatoms. The fraction of sp³-hybridized carbons (Fsp3) is 0.682. The number of aliphatic imine (C=N–C) groups is 1. The number of hydrogen-bond donors (Lipinski definition) is 2. The normalized spacial score (nSPS) is 16.8. The van der Waals surface area contributed by atoms with Gasteiger partial charge in [0.25, 0.3) is 0 Å². The Labute approximate surface area is 175 Å². The Morgan fingerprint density at radius 2 is 2.10 bits per heavy atom. The SMILES string of the molecule is CCNC(=NCc1ccc(C)cc1OC1CCOC1)NCCCCOCCOC. The molecule has 1 saturated heterocycles. The zero-order valence-electron chi connectivity index (χ0n) is 18.2. The first-order chi connectivity index (χ1) is 14.2. The molecule has 1 aliphatic rings. The van der Waals surface area contributed by atoms with Gasteiger partial charge >= 0.3 is 0 Å². The highest BCUT2D eigenvalue weighted by molar-refractivity contribution is 5.79. The van der Waals surface area contributed by atoms with Crippen molar-refractivity contribution in [3.05, 3.63) is 29.3 Å². The van der Waals surface area contributed by atoms with Crippen molar-refractivity contribution in [2.45, 2.75) is 45.8 Å². The molecule has 0 aliphatic carbocycles. The molecular formula is C22H37N3O4. The molecular weight excluding hydrogens is 370 g/mol. The van der Waals surface area contributed by atoms with Gasteiger partial charge in [0.05, 0.1) is 33.0 Å². The number of guanidine groups is 1. The third kappa shape index (κ3) is 9.47. The summed E-state index contributed by atoms with van der Waals surface area (Å²) in [6.07, 6.45) is 3.11. The number of methoxy groups -OCH3 is 1. The van der Waals surface area contributed by atoms with Crippen LogP contribution in [0.5, 0.6) is 5.75 Å². The standard InChI is InChI=1S/C22H37N3O4/c1-4-23-22(24-10-5-6-11-27-14-13-26-3)25-16-19-8-7-18(2)15-21(19)29-20-9-12-28-17-20/h7-8,15,20H,4-6,9-14,16-17H2,1-3H3,(H2,23,24,25). The lowest BCUT2D eigenvalue weighted by molar-refractivity contribution is 0.0689. The van der Waals surface area contributed by atoms with E-state index in [2.05, 4.69) is 42.7 Å². The fourth-order valence-electron chi connectivity index (χ4n) is 2.97. The molecule has 0 spiro atoms. The summed E-state index contributed by atoms with van der Waals surface area (Å²) in [4.78, 5) is 4.74. The molecule has 1 unspecified atom stereocenters.